The number of aromatic nitrogens is 2. The molecule has 2 aromatic rings. The topological polar surface area (TPSA) is 70.1 Å². The summed E-state index contributed by atoms with van der Waals surface area (Å²) in [6, 6.07) is 5.48. The second-order valence-corrected chi connectivity index (χ2v) is 7.36. The van der Waals surface area contributed by atoms with Gasteiger partial charge in [-0.05, 0) is 50.8 Å². The van der Waals surface area contributed by atoms with E-state index in [4.69, 9.17) is 11.6 Å². The molecule has 1 saturated heterocycles. The fourth-order valence-corrected chi connectivity index (χ4v) is 3.78. The summed E-state index contributed by atoms with van der Waals surface area (Å²) in [6.07, 6.45) is 3.58. The van der Waals surface area contributed by atoms with Gasteiger partial charge in [-0.1, -0.05) is 29.0 Å². The highest BCUT2D eigenvalue weighted by Gasteiger charge is 2.22. The van der Waals surface area contributed by atoms with Crippen molar-refractivity contribution in [2.45, 2.75) is 39.2 Å². The van der Waals surface area contributed by atoms with Crippen LogP contribution in [0.3, 0.4) is 0 Å². The van der Waals surface area contributed by atoms with Crippen molar-refractivity contribution < 1.29 is 4.79 Å². The third-order valence-corrected chi connectivity index (χ3v) is 5.24. The Balaban J connectivity index is 1.64. The number of halogens is 1. The molecule has 0 radical (unpaired) electrons. The summed E-state index contributed by atoms with van der Waals surface area (Å²) < 4.78 is 0. The maximum Gasteiger partial charge on any atom is 0.325 e. The van der Waals surface area contributed by atoms with Crippen LogP contribution in [0.25, 0.3) is 0 Å². The van der Waals surface area contributed by atoms with Gasteiger partial charge in [0.15, 0.2) is 0 Å². The molecule has 3 rings (SSSR count). The Kier molecular flexibility index (Phi) is 5.20. The summed E-state index contributed by atoms with van der Waals surface area (Å²) in [5, 5.41) is 15.7. The van der Waals surface area contributed by atoms with Crippen molar-refractivity contribution in [3.05, 3.63) is 28.8 Å². The van der Waals surface area contributed by atoms with Gasteiger partial charge in [-0.15, -0.1) is 10.2 Å². The molecular weight excluding hydrogens is 346 g/mol. The van der Waals surface area contributed by atoms with Gasteiger partial charge < -0.3 is 10.2 Å². The van der Waals surface area contributed by atoms with E-state index in [1.165, 1.54) is 24.2 Å². The van der Waals surface area contributed by atoms with Crippen LogP contribution in [0.1, 0.15) is 31.7 Å². The average molecular weight is 366 g/mol. The van der Waals surface area contributed by atoms with Gasteiger partial charge in [0, 0.05) is 23.3 Å². The molecule has 0 saturated carbocycles. The first-order chi connectivity index (χ1) is 11.5. The zero-order valence-electron chi connectivity index (χ0n) is 13.7. The van der Waals surface area contributed by atoms with Crippen molar-refractivity contribution in [3.63, 3.8) is 0 Å². The summed E-state index contributed by atoms with van der Waals surface area (Å²) in [5.74, 6) is 0. The van der Waals surface area contributed by atoms with Gasteiger partial charge in [0.25, 0.3) is 0 Å². The molecule has 1 aromatic heterocycles. The Morgan fingerprint density at radius 2 is 2.17 bits per heavy atom. The second kappa shape index (κ2) is 7.36. The highest BCUT2D eigenvalue weighted by Crippen LogP contribution is 2.29. The van der Waals surface area contributed by atoms with Crippen molar-refractivity contribution in [2.75, 3.05) is 22.1 Å². The average Bonchev–Trinajstić information content (AvgIpc) is 2.99. The molecule has 2 amide bonds. The van der Waals surface area contributed by atoms with Gasteiger partial charge in [-0.3, -0.25) is 5.32 Å². The first-order valence-corrected chi connectivity index (χ1v) is 9.16. The SMILES string of the molecule is Cc1ccc(Cl)cc1NC(=O)Nc1nnc(N2CCCC[C@@H]2C)s1. The minimum absolute atomic E-state index is 0.352. The molecule has 2 N–H and O–H groups in total. The number of urea groups is 1. The Bertz CT molecular complexity index is 735. The molecule has 1 aliphatic heterocycles. The molecule has 1 atom stereocenters. The predicted octanol–water partition coefficient (Wildman–Crippen LogP) is 4.52. The van der Waals surface area contributed by atoms with E-state index in [9.17, 15) is 4.79 Å². The van der Waals surface area contributed by atoms with E-state index in [-0.39, 0.29) is 6.03 Å². The number of aryl methyl sites for hydroxylation is 1. The van der Waals surface area contributed by atoms with Gasteiger partial charge in [-0.2, -0.15) is 0 Å². The molecule has 1 fully saturated rings. The maximum atomic E-state index is 12.2. The second-order valence-electron chi connectivity index (χ2n) is 5.97. The van der Waals surface area contributed by atoms with Gasteiger partial charge >= 0.3 is 6.03 Å². The van der Waals surface area contributed by atoms with E-state index in [1.54, 1.807) is 12.1 Å². The lowest BCUT2D eigenvalue weighted by atomic mass is 10.1. The molecule has 1 aromatic carbocycles. The number of hydrogen-bond donors (Lipinski definition) is 2. The van der Waals surface area contributed by atoms with Crippen LogP contribution in [0.15, 0.2) is 18.2 Å². The first kappa shape index (κ1) is 17.0. The van der Waals surface area contributed by atoms with Gasteiger partial charge in [0.05, 0.1) is 0 Å². The number of rotatable bonds is 3. The van der Waals surface area contributed by atoms with E-state index in [1.807, 2.05) is 13.0 Å². The summed E-state index contributed by atoms with van der Waals surface area (Å²) in [5.41, 5.74) is 1.61. The summed E-state index contributed by atoms with van der Waals surface area (Å²) >= 11 is 7.36. The Morgan fingerprint density at radius 3 is 2.96 bits per heavy atom. The summed E-state index contributed by atoms with van der Waals surface area (Å²) in [4.78, 5) is 14.4. The Hall–Kier alpha value is -1.86. The van der Waals surface area contributed by atoms with Crippen LogP contribution in [0.2, 0.25) is 5.02 Å². The third-order valence-electron chi connectivity index (χ3n) is 4.13. The van der Waals surface area contributed by atoms with E-state index in [2.05, 4.69) is 32.7 Å². The molecule has 0 aliphatic carbocycles. The molecule has 0 unspecified atom stereocenters. The minimum atomic E-state index is -0.352. The van der Waals surface area contributed by atoms with Gasteiger partial charge in [0.1, 0.15) is 0 Å². The number of benzene rings is 1. The van der Waals surface area contributed by atoms with Crippen LogP contribution in [0.4, 0.5) is 20.7 Å². The highest BCUT2D eigenvalue weighted by molar-refractivity contribution is 7.19. The first-order valence-electron chi connectivity index (χ1n) is 7.97. The van der Waals surface area contributed by atoms with Crippen LogP contribution >= 0.6 is 22.9 Å². The Morgan fingerprint density at radius 1 is 1.33 bits per heavy atom. The number of anilines is 3. The lowest BCUT2D eigenvalue weighted by Gasteiger charge is -2.32. The predicted molar refractivity (Wildman–Crippen MR) is 99.4 cm³/mol. The molecule has 2 heterocycles. The van der Waals surface area contributed by atoms with Crippen LogP contribution in [0.5, 0.6) is 0 Å². The largest absolute Gasteiger partial charge is 0.344 e. The number of hydrogen-bond acceptors (Lipinski definition) is 5. The zero-order valence-corrected chi connectivity index (χ0v) is 15.2. The minimum Gasteiger partial charge on any atom is -0.344 e. The van der Waals surface area contributed by atoms with Crippen molar-refractivity contribution in [1.82, 2.24) is 10.2 Å². The van der Waals surface area contributed by atoms with Crippen LogP contribution in [-0.4, -0.2) is 28.8 Å². The summed E-state index contributed by atoms with van der Waals surface area (Å²) in [6.45, 7) is 5.10. The van der Waals surface area contributed by atoms with Crippen molar-refractivity contribution >= 4 is 44.9 Å². The fourth-order valence-electron chi connectivity index (χ4n) is 2.74. The molecular formula is C16H20ClN5OS. The van der Waals surface area contributed by atoms with Crippen molar-refractivity contribution in [3.8, 4) is 0 Å². The summed E-state index contributed by atoms with van der Waals surface area (Å²) in [7, 11) is 0. The van der Waals surface area contributed by atoms with E-state index in [0.717, 1.165) is 23.7 Å². The molecule has 1 aliphatic rings. The van der Waals surface area contributed by atoms with E-state index in [0.29, 0.717) is 21.9 Å². The highest BCUT2D eigenvalue weighted by atomic mass is 35.5. The standard InChI is InChI=1S/C16H20ClN5OS/c1-10-6-7-12(17)9-13(10)18-14(23)19-15-20-21-16(24-15)22-8-4-3-5-11(22)2/h6-7,9,11H,3-5,8H2,1-2H3,(H2,18,19,20,23)/t11-/m0/s1. The van der Waals surface area contributed by atoms with Crippen LogP contribution in [-0.2, 0) is 0 Å². The van der Waals surface area contributed by atoms with Crippen LogP contribution < -0.4 is 15.5 Å². The Labute approximate surface area is 150 Å². The maximum absolute atomic E-state index is 12.2. The fraction of sp³-hybridized carbons (Fsp3) is 0.438. The van der Waals surface area contributed by atoms with E-state index >= 15 is 0 Å². The smallest absolute Gasteiger partial charge is 0.325 e. The van der Waals surface area contributed by atoms with Crippen molar-refractivity contribution in [2.24, 2.45) is 0 Å². The lowest BCUT2D eigenvalue weighted by Crippen LogP contribution is -2.37. The molecule has 6 nitrogen and oxygen atoms in total. The number of nitrogens with zero attached hydrogens (tertiary/aromatic N) is 3. The van der Waals surface area contributed by atoms with E-state index < -0.39 is 0 Å². The normalized spacial score (nSPS) is 17.6. The lowest BCUT2D eigenvalue weighted by molar-refractivity contribution is 0.262. The third kappa shape index (κ3) is 3.96. The van der Waals surface area contributed by atoms with Crippen LogP contribution in [0, 0.1) is 6.92 Å². The number of piperidine rings is 1. The molecule has 0 bridgehead atoms. The molecule has 8 heteroatoms. The number of carbonyl (C=O) groups excluding carboxylic acids is 1. The molecule has 24 heavy (non-hydrogen) atoms. The van der Waals surface area contributed by atoms with Gasteiger partial charge in [0.2, 0.25) is 10.3 Å². The monoisotopic (exact) mass is 365 g/mol. The number of amides is 2. The number of nitrogens with one attached hydrogen (secondary N) is 2. The van der Waals surface area contributed by atoms with Crippen molar-refractivity contribution in [1.29, 1.82) is 0 Å². The zero-order chi connectivity index (χ0) is 17.1. The molecule has 128 valence electrons. The number of carbonyl (C=O) groups is 1. The molecule has 0 spiro atoms. The quantitative estimate of drug-likeness (QED) is 0.838. The van der Waals surface area contributed by atoms with Gasteiger partial charge in [-0.25, -0.2) is 4.79 Å².